The standard InChI is InChI=1S/C14H10ClF4N3O/c15-8-2-1-3-9(6-8)21-13(22-23)7-4-10(14(17,18)19)12(16)11(20)5-7/h1-6,23H,20H2,(H,21,22). The molecule has 0 bridgehead atoms. The summed E-state index contributed by atoms with van der Waals surface area (Å²) < 4.78 is 52.0. The number of nitrogen functional groups attached to an aromatic ring is 1. The molecule has 0 saturated carbocycles. The van der Waals surface area contributed by atoms with Gasteiger partial charge in [-0.2, -0.15) is 13.2 Å². The smallest absolute Gasteiger partial charge is 0.396 e. The van der Waals surface area contributed by atoms with Crippen molar-refractivity contribution in [2.75, 3.05) is 5.73 Å². The van der Waals surface area contributed by atoms with Crippen LogP contribution < -0.4 is 11.2 Å². The van der Waals surface area contributed by atoms with Crippen molar-refractivity contribution in [2.24, 2.45) is 4.99 Å². The highest BCUT2D eigenvalue weighted by atomic mass is 35.5. The Morgan fingerprint density at radius 1 is 1.22 bits per heavy atom. The molecule has 0 amide bonds. The Bertz CT molecular complexity index is 762. The number of amidine groups is 1. The molecular formula is C14H10ClF4N3O. The van der Waals surface area contributed by atoms with Crippen LogP contribution in [-0.2, 0) is 6.18 Å². The van der Waals surface area contributed by atoms with Crippen LogP contribution >= 0.6 is 11.6 Å². The van der Waals surface area contributed by atoms with Gasteiger partial charge in [-0.3, -0.25) is 10.7 Å². The number of halogens is 5. The Morgan fingerprint density at radius 2 is 1.91 bits per heavy atom. The minimum Gasteiger partial charge on any atom is -0.396 e. The largest absolute Gasteiger partial charge is 0.419 e. The van der Waals surface area contributed by atoms with Crippen LogP contribution in [0.2, 0.25) is 5.02 Å². The van der Waals surface area contributed by atoms with E-state index >= 15 is 0 Å². The Morgan fingerprint density at radius 3 is 2.48 bits per heavy atom. The van der Waals surface area contributed by atoms with Gasteiger partial charge < -0.3 is 5.73 Å². The van der Waals surface area contributed by atoms with E-state index in [1.807, 2.05) is 0 Å². The van der Waals surface area contributed by atoms with Crippen molar-refractivity contribution < 1.29 is 22.8 Å². The van der Waals surface area contributed by atoms with Gasteiger partial charge in [0.15, 0.2) is 11.7 Å². The molecule has 0 saturated heterocycles. The zero-order valence-electron chi connectivity index (χ0n) is 11.3. The summed E-state index contributed by atoms with van der Waals surface area (Å²) in [6.45, 7) is 0. The van der Waals surface area contributed by atoms with E-state index in [1.165, 1.54) is 12.1 Å². The van der Waals surface area contributed by atoms with Crippen molar-refractivity contribution in [3.05, 3.63) is 58.4 Å². The van der Waals surface area contributed by atoms with Crippen molar-refractivity contribution in [3.8, 4) is 0 Å². The van der Waals surface area contributed by atoms with Crippen LogP contribution in [0.25, 0.3) is 0 Å². The highest BCUT2D eigenvalue weighted by Gasteiger charge is 2.35. The van der Waals surface area contributed by atoms with E-state index in [2.05, 4.69) is 4.99 Å². The minimum absolute atomic E-state index is 0.237. The SMILES string of the molecule is Nc1cc(C(=Nc2cccc(Cl)c2)NO)cc(C(F)(F)F)c1F. The van der Waals surface area contributed by atoms with Crippen LogP contribution in [0.5, 0.6) is 0 Å². The lowest BCUT2D eigenvalue weighted by Gasteiger charge is -2.13. The van der Waals surface area contributed by atoms with Crippen LogP contribution in [0.4, 0.5) is 28.9 Å². The topological polar surface area (TPSA) is 70.6 Å². The molecule has 0 aliphatic rings. The first kappa shape index (κ1) is 17.0. The van der Waals surface area contributed by atoms with Crippen molar-refractivity contribution >= 4 is 28.8 Å². The zero-order chi connectivity index (χ0) is 17.2. The first-order chi connectivity index (χ1) is 10.7. The molecular weight excluding hydrogens is 338 g/mol. The fourth-order valence-corrected chi connectivity index (χ4v) is 2.00. The number of aliphatic imine (C=N–C) groups is 1. The second kappa shape index (κ2) is 6.43. The van der Waals surface area contributed by atoms with Gasteiger partial charge in [-0.1, -0.05) is 17.7 Å². The molecule has 2 aromatic carbocycles. The molecule has 23 heavy (non-hydrogen) atoms. The number of rotatable bonds is 2. The van der Waals surface area contributed by atoms with Gasteiger partial charge >= 0.3 is 6.18 Å². The third-order valence-corrected chi connectivity index (χ3v) is 3.07. The Hall–Kier alpha value is -2.32. The van der Waals surface area contributed by atoms with Crippen LogP contribution in [0.15, 0.2) is 41.4 Å². The third-order valence-electron chi connectivity index (χ3n) is 2.83. The molecule has 0 heterocycles. The zero-order valence-corrected chi connectivity index (χ0v) is 12.1. The fraction of sp³-hybridized carbons (Fsp3) is 0.0714. The molecule has 122 valence electrons. The number of hydroxylamine groups is 1. The van der Waals surface area contributed by atoms with Crippen LogP contribution in [-0.4, -0.2) is 11.0 Å². The quantitative estimate of drug-likeness (QED) is 0.251. The highest BCUT2D eigenvalue weighted by molar-refractivity contribution is 6.30. The van der Waals surface area contributed by atoms with Gasteiger partial charge in [0.1, 0.15) is 0 Å². The summed E-state index contributed by atoms with van der Waals surface area (Å²) in [4.78, 5) is 3.93. The van der Waals surface area contributed by atoms with Gasteiger partial charge in [-0.05, 0) is 30.3 Å². The highest BCUT2D eigenvalue weighted by Crippen LogP contribution is 2.34. The predicted octanol–water partition coefficient (Wildman–Crippen LogP) is 4.14. The van der Waals surface area contributed by atoms with Gasteiger partial charge in [-0.25, -0.2) is 9.38 Å². The molecule has 2 rings (SSSR count). The van der Waals surface area contributed by atoms with E-state index in [0.717, 1.165) is 6.07 Å². The second-order valence-corrected chi connectivity index (χ2v) is 4.91. The fourth-order valence-electron chi connectivity index (χ4n) is 1.82. The number of anilines is 1. The summed E-state index contributed by atoms with van der Waals surface area (Å²) in [5, 5.41) is 9.48. The van der Waals surface area contributed by atoms with E-state index in [4.69, 9.17) is 22.5 Å². The summed E-state index contributed by atoms with van der Waals surface area (Å²) in [7, 11) is 0. The van der Waals surface area contributed by atoms with Gasteiger partial charge in [0.2, 0.25) is 0 Å². The molecule has 0 radical (unpaired) electrons. The Balaban J connectivity index is 2.56. The third kappa shape index (κ3) is 3.91. The van der Waals surface area contributed by atoms with Crippen molar-refractivity contribution in [1.82, 2.24) is 5.48 Å². The molecule has 2 aromatic rings. The van der Waals surface area contributed by atoms with E-state index in [-0.39, 0.29) is 17.1 Å². The van der Waals surface area contributed by atoms with Gasteiger partial charge in [0, 0.05) is 10.6 Å². The number of nitrogens with zero attached hydrogens (tertiary/aromatic N) is 1. The lowest BCUT2D eigenvalue weighted by Crippen LogP contribution is -2.22. The number of hydrogen-bond donors (Lipinski definition) is 3. The van der Waals surface area contributed by atoms with Crippen molar-refractivity contribution in [1.29, 1.82) is 0 Å². The first-order valence-electron chi connectivity index (χ1n) is 6.13. The van der Waals surface area contributed by atoms with Crippen LogP contribution in [0.1, 0.15) is 11.1 Å². The molecule has 9 heteroatoms. The maximum atomic E-state index is 13.5. The molecule has 0 atom stereocenters. The number of alkyl halides is 3. The summed E-state index contributed by atoms with van der Waals surface area (Å²) >= 11 is 5.78. The summed E-state index contributed by atoms with van der Waals surface area (Å²) in [5.74, 6) is -1.93. The average molecular weight is 348 g/mol. The predicted molar refractivity (Wildman–Crippen MR) is 78.4 cm³/mol. The van der Waals surface area contributed by atoms with E-state index in [9.17, 15) is 17.6 Å². The van der Waals surface area contributed by atoms with Crippen molar-refractivity contribution in [2.45, 2.75) is 6.18 Å². The van der Waals surface area contributed by atoms with Crippen molar-refractivity contribution in [3.63, 3.8) is 0 Å². The maximum Gasteiger partial charge on any atom is 0.419 e. The Labute approximate surface area is 133 Å². The number of nitrogens with one attached hydrogen (secondary N) is 1. The lowest BCUT2D eigenvalue weighted by molar-refractivity contribution is -0.139. The molecule has 0 aliphatic carbocycles. The van der Waals surface area contributed by atoms with E-state index in [0.29, 0.717) is 11.1 Å². The minimum atomic E-state index is -4.94. The van der Waals surface area contributed by atoms with Crippen LogP contribution in [0, 0.1) is 5.82 Å². The summed E-state index contributed by atoms with van der Waals surface area (Å²) in [6.07, 6.45) is -4.94. The average Bonchev–Trinajstić information content (AvgIpc) is 2.46. The molecule has 0 fully saturated rings. The normalized spacial score (nSPS) is 12.3. The second-order valence-electron chi connectivity index (χ2n) is 4.48. The number of benzene rings is 2. The molecule has 4 nitrogen and oxygen atoms in total. The van der Waals surface area contributed by atoms with Gasteiger partial charge in [-0.15, -0.1) is 0 Å². The first-order valence-corrected chi connectivity index (χ1v) is 6.51. The van der Waals surface area contributed by atoms with Gasteiger partial charge in [0.25, 0.3) is 0 Å². The number of hydrogen-bond acceptors (Lipinski definition) is 3. The van der Waals surface area contributed by atoms with Gasteiger partial charge in [0.05, 0.1) is 16.9 Å². The molecule has 0 aromatic heterocycles. The molecule has 4 N–H and O–H groups in total. The molecule has 0 unspecified atom stereocenters. The monoisotopic (exact) mass is 347 g/mol. The summed E-state index contributed by atoms with van der Waals surface area (Å²) in [6, 6.07) is 7.51. The maximum absolute atomic E-state index is 13.5. The Kier molecular flexibility index (Phi) is 4.76. The number of nitrogens with two attached hydrogens (primary N) is 1. The molecule has 0 aliphatic heterocycles. The molecule has 0 spiro atoms. The lowest BCUT2D eigenvalue weighted by atomic mass is 10.1. The summed E-state index contributed by atoms with van der Waals surface area (Å²) in [5.41, 5.74) is 4.70. The van der Waals surface area contributed by atoms with Crippen LogP contribution in [0.3, 0.4) is 0 Å². The van der Waals surface area contributed by atoms with E-state index in [1.54, 1.807) is 17.6 Å². The van der Waals surface area contributed by atoms with E-state index < -0.39 is 23.2 Å².